The lowest BCUT2D eigenvalue weighted by Gasteiger charge is -2.28. The second kappa shape index (κ2) is 10.2. The molecular weight excluding hydrogens is 516 g/mol. The van der Waals surface area contributed by atoms with Crippen molar-refractivity contribution in [2.75, 3.05) is 4.90 Å². The van der Waals surface area contributed by atoms with E-state index in [1.165, 1.54) is 47.4 Å². The predicted octanol–water partition coefficient (Wildman–Crippen LogP) is 5.75. The van der Waals surface area contributed by atoms with Crippen molar-refractivity contribution in [1.82, 2.24) is 9.88 Å². The molecule has 1 saturated heterocycles. The number of hydrogen-bond acceptors (Lipinski definition) is 5. The fourth-order valence-corrected chi connectivity index (χ4v) is 4.78. The number of anilines is 1. The Kier molecular flexibility index (Phi) is 6.39. The molecule has 5 aromatic rings. The van der Waals surface area contributed by atoms with E-state index in [2.05, 4.69) is 4.98 Å². The van der Waals surface area contributed by atoms with Gasteiger partial charge in [0.2, 0.25) is 11.8 Å². The summed E-state index contributed by atoms with van der Waals surface area (Å²) in [6.45, 7) is -0.123. The second-order valence-corrected chi connectivity index (χ2v) is 9.36. The summed E-state index contributed by atoms with van der Waals surface area (Å²) in [6, 6.07) is 23.6. The van der Waals surface area contributed by atoms with Crippen LogP contribution < -0.4 is 4.90 Å². The van der Waals surface area contributed by atoms with Gasteiger partial charge in [-0.15, -0.1) is 0 Å². The first-order chi connectivity index (χ1) is 19.4. The van der Waals surface area contributed by atoms with Gasteiger partial charge in [0.25, 0.3) is 11.8 Å². The first-order valence-electron chi connectivity index (χ1n) is 12.5. The van der Waals surface area contributed by atoms with Gasteiger partial charge in [-0.05, 0) is 66.2 Å². The molecule has 0 radical (unpaired) electrons. The van der Waals surface area contributed by atoms with Crippen LogP contribution in [-0.2, 0) is 16.1 Å². The number of rotatable bonds is 6. The lowest BCUT2D eigenvalue weighted by atomic mass is 10.1. The van der Waals surface area contributed by atoms with Crippen molar-refractivity contribution in [2.45, 2.75) is 19.0 Å². The average molecular weight is 538 g/mol. The zero-order chi connectivity index (χ0) is 27.8. The monoisotopic (exact) mass is 537 g/mol. The molecule has 0 saturated carbocycles. The highest BCUT2D eigenvalue weighted by Gasteiger charge is 2.45. The minimum absolute atomic E-state index is 0.123. The molecule has 1 unspecified atom stereocenters. The summed E-state index contributed by atoms with van der Waals surface area (Å²) in [6.07, 6.45) is -0.285. The number of amides is 3. The third-order valence-electron chi connectivity index (χ3n) is 6.80. The molecule has 3 amide bonds. The van der Waals surface area contributed by atoms with E-state index < -0.39 is 35.4 Å². The van der Waals surface area contributed by atoms with Gasteiger partial charge in [-0.25, -0.2) is 18.7 Å². The Labute approximate surface area is 227 Å². The van der Waals surface area contributed by atoms with Crippen molar-refractivity contribution in [3.05, 3.63) is 120 Å². The van der Waals surface area contributed by atoms with Crippen molar-refractivity contribution in [2.24, 2.45) is 0 Å². The first kappa shape index (κ1) is 25.1. The molecule has 1 aliphatic heterocycles. The Balaban J connectivity index is 1.30. The summed E-state index contributed by atoms with van der Waals surface area (Å²) in [5.41, 5.74) is 2.60. The highest BCUT2D eigenvalue weighted by atomic mass is 19.1. The van der Waals surface area contributed by atoms with E-state index in [1.54, 1.807) is 24.3 Å². The molecule has 4 aromatic carbocycles. The molecule has 1 fully saturated rings. The van der Waals surface area contributed by atoms with E-state index in [4.69, 9.17) is 4.42 Å². The van der Waals surface area contributed by atoms with E-state index >= 15 is 0 Å². The molecule has 0 spiro atoms. The molecule has 1 aliphatic rings. The van der Waals surface area contributed by atoms with Gasteiger partial charge >= 0.3 is 0 Å². The zero-order valence-corrected chi connectivity index (χ0v) is 21.0. The number of fused-ring (bicyclic) bond motifs is 1. The van der Waals surface area contributed by atoms with Crippen molar-refractivity contribution in [3.63, 3.8) is 0 Å². The second-order valence-electron chi connectivity index (χ2n) is 9.36. The minimum Gasteiger partial charge on any atom is -0.436 e. The van der Waals surface area contributed by atoms with Gasteiger partial charge in [0.15, 0.2) is 5.58 Å². The summed E-state index contributed by atoms with van der Waals surface area (Å²) >= 11 is 0. The van der Waals surface area contributed by atoms with Crippen molar-refractivity contribution < 1.29 is 27.6 Å². The maximum absolute atomic E-state index is 14.6. The van der Waals surface area contributed by atoms with Gasteiger partial charge < -0.3 is 9.32 Å². The molecule has 9 heteroatoms. The van der Waals surface area contributed by atoms with Crippen LogP contribution in [0.15, 0.2) is 101 Å². The van der Waals surface area contributed by atoms with Crippen LogP contribution in [0.4, 0.5) is 14.5 Å². The lowest BCUT2D eigenvalue weighted by Crippen LogP contribution is -2.45. The molecule has 0 bridgehead atoms. The van der Waals surface area contributed by atoms with Gasteiger partial charge in [0.1, 0.15) is 23.2 Å². The number of halogens is 2. The smallest absolute Gasteiger partial charge is 0.257 e. The number of benzene rings is 4. The summed E-state index contributed by atoms with van der Waals surface area (Å²) in [5.74, 6) is -2.69. The fraction of sp³-hybridized carbons (Fsp3) is 0.0968. The standard InChI is InChI=1S/C31H21F2N3O4/c32-21-13-9-19(10-14-21)18-35(30(38)23-5-1-2-6-24(23)33)26-17-28(37)36(31(26)39)22-15-11-20(12-16-22)29-34-25-7-3-4-8-27(25)40-29/h1-16,26H,17-18H2. The van der Waals surface area contributed by atoms with E-state index in [-0.39, 0.29) is 18.5 Å². The number of oxazole rings is 1. The summed E-state index contributed by atoms with van der Waals surface area (Å²) in [7, 11) is 0. The number of aromatic nitrogens is 1. The maximum atomic E-state index is 14.6. The van der Waals surface area contributed by atoms with Crippen LogP contribution in [0.25, 0.3) is 22.6 Å². The third kappa shape index (κ3) is 4.62. The number of nitrogens with zero attached hydrogens (tertiary/aromatic N) is 3. The molecule has 1 atom stereocenters. The van der Waals surface area contributed by atoms with E-state index in [0.29, 0.717) is 33.8 Å². The third-order valence-corrected chi connectivity index (χ3v) is 6.80. The van der Waals surface area contributed by atoms with Crippen molar-refractivity contribution >= 4 is 34.5 Å². The summed E-state index contributed by atoms with van der Waals surface area (Å²) in [4.78, 5) is 46.9. The van der Waals surface area contributed by atoms with Gasteiger partial charge in [-0.1, -0.05) is 36.4 Å². The van der Waals surface area contributed by atoms with Crippen LogP contribution in [0.5, 0.6) is 0 Å². The van der Waals surface area contributed by atoms with E-state index in [1.807, 2.05) is 24.3 Å². The quantitative estimate of drug-likeness (QED) is 0.258. The van der Waals surface area contributed by atoms with Crippen molar-refractivity contribution in [3.8, 4) is 11.5 Å². The Hall–Kier alpha value is -5.18. The largest absolute Gasteiger partial charge is 0.436 e. The predicted molar refractivity (Wildman–Crippen MR) is 143 cm³/mol. The highest BCUT2D eigenvalue weighted by molar-refractivity contribution is 6.23. The van der Waals surface area contributed by atoms with Gasteiger partial charge in [-0.3, -0.25) is 14.4 Å². The van der Waals surface area contributed by atoms with Crippen LogP contribution in [0.3, 0.4) is 0 Å². The van der Waals surface area contributed by atoms with E-state index in [9.17, 15) is 23.2 Å². The Morgan fingerprint density at radius 1 is 0.900 bits per heavy atom. The average Bonchev–Trinajstić information content (AvgIpc) is 3.53. The van der Waals surface area contributed by atoms with Crippen LogP contribution in [-0.4, -0.2) is 33.6 Å². The number of imide groups is 1. The fourth-order valence-electron chi connectivity index (χ4n) is 4.78. The Morgan fingerprint density at radius 2 is 1.60 bits per heavy atom. The zero-order valence-electron chi connectivity index (χ0n) is 21.0. The minimum atomic E-state index is -1.18. The van der Waals surface area contributed by atoms with Crippen LogP contribution in [0.2, 0.25) is 0 Å². The van der Waals surface area contributed by atoms with Crippen molar-refractivity contribution in [1.29, 1.82) is 0 Å². The number of carbonyl (C=O) groups excluding carboxylic acids is 3. The SMILES string of the molecule is O=C1CC(N(Cc2ccc(F)cc2)C(=O)c2ccccc2F)C(=O)N1c1ccc(-c2nc3ccccc3o2)cc1. The van der Waals surface area contributed by atoms with Crippen LogP contribution in [0, 0.1) is 11.6 Å². The number of para-hydroxylation sites is 2. The lowest BCUT2D eigenvalue weighted by molar-refractivity contribution is -0.122. The summed E-state index contributed by atoms with van der Waals surface area (Å²) in [5, 5.41) is 0. The number of hydrogen-bond donors (Lipinski definition) is 0. The number of carbonyl (C=O) groups is 3. The molecule has 40 heavy (non-hydrogen) atoms. The molecule has 1 aromatic heterocycles. The first-order valence-corrected chi connectivity index (χ1v) is 12.5. The van der Waals surface area contributed by atoms with Crippen LogP contribution >= 0.6 is 0 Å². The molecule has 198 valence electrons. The topological polar surface area (TPSA) is 83.7 Å². The Morgan fingerprint density at radius 3 is 2.33 bits per heavy atom. The van der Waals surface area contributed by atoms with Gasteiger partial charge in [0.05, 0.1) is 17.7 Å². The molecule has 0 aliphatic carbocycles. The molecule has 0 N–H and O–H groups in total. The van der Waals surface area contributed by atoms with Crippen LogP contribution in [0.1, 0.15) is 22.3 Å². The van der Waals surface area contributed by atoms with Gasteiger partial charge in [-0.2, -0.15) is 0 Å². The highest BCUT2D eigenvalue weighted by Crippen LogP contribution is 2.31. The Bertz CT molecular complexity index is 1720. The normalized spacial score (nSPS) is 15.2. The molecule has 2 heterocycles. The molecule has 6 rings (SSSR count). The van der Waals surface area contributed by atoms with Gasteiger partial charge in [0, 0.05) is 12.1 Å². The maximum Gasteiger partial charge on any atom is 0.257 e. The van der Waals surface area contributed by atoms with E-state index in [0.717, 1.165) is 11.0 Å². The molecular formula is C31H21F2N3O4. The molecule has 7 nitrogen and oxygen atoms in total. The summed E-state index contributed by atoms with van der Waals surface area (Å²) < 4.78 is 33.9.